The van der Waals surface area contributed by atoms with Gasteiger partial charge in [0.1, 0.15) is 0 Å². The van der Waals surface area contributed by atoms with Crippen LogP contribution in [0.15, 0.2) is 35.2 Å². The van der Waals surface area contributed by atoms with Gasteiger partial charge >= 0.3 is 0 Å². The lowest BCUT2D eigenvalue weighted by molar-refractivity contribution is -0.0664. The first-order valence-corrected chi connectivity index (χ1v) is 8.73. The molecular formula is C19H27N3O2. The van der Waals surface area contributed by atoms with Crippen LogP contribution in [0.3, 0.4) is 0 Å². The average Bonchev–Trinajstić information content (AvgIpc) is 3.05. The predicted molar refractivity (Wildman–Crippen MR) is 93.2 cm³/mol. The molecule has 1 N–H and O–H groups in total. The van der Waals surface area contributed by atoms with E-state index in [4.69, 9.17) is 4.42 Å². The second kappa shape index (κ2) is 7.03. The van der Waals surface area contributed by atoms with E-state index in [0.717, 1.165) is 38.0 Å². The molecule has 0 amide bonds. The largest absolute Gasteiger partial charge is 0.461 e. The van der Waals surface area contributed by atoms with Gasteiger partial charge in [-0.15, -0.1) is 0 Å². The van der Waals surface area contributed by atoms with Crippen LogP contribution in [0.25, 0.3) is 11.6 Å². The second-order valence-electron chi connectivity index (χ2n) is 7.56. The summed E-state index contributed by atoms with van der Waals surface area (Å²) in [4.78, 5) is 11.2. The van der Waals surface area contributed by atoms with Crippen LogP contribution in [0.4, 0.5) is 0 Å². The van der Waals surface area contributed by atoms with E-state index in [-0.39, 0.29) is 0 Å². The van der Waals surface area contributed by atoms with Gasteiger partial charge in [-0.2, -0.15) is 0 Å². The van der Waals surface area contributed by atoms with Gasteiger partial charge in [-0.3, -0.25) is 4.90 Å². The van der Waals surface area contributed by atoms with Gasteiger partial charge in [0.25, 0.3) is 0 Å². The van der Waals surface area contributed by atoms with Crippen LogP contribution >= 0.6 is 0 Å². The molecule has 0 aliphatic carbocycles. The lowest BCUT2D eigenvalue weighted by Crippen LogP contribution is -2.50. The molecule has 0 radical (unpaired) electrons. The Morgan fingerprint density at radius 3 is 2.75 bits per heavy atom. The number of likely N-dealkylation sites (tertiary alicyclic amines) is 1. The lowest BCUT2D eigenvalue weighted by Gasteiger charge is -2.43. The van der Waals surface area contributed by atoms with E-state index in [2.05, 4.69) is 28.7 Å². The van der Waals surface area contributed by atoms with Gasteiger partial charge < -0.3 is 9.52 Å². The predicted octanol–water partition coefficient (Wildman–Crippen LogP) is 3.36. The highest BCUT2D eigenvalue weighted by molar-refractivity contribution is 5.45. The number of piperidine rings is 1. The molecule has 5 nitrogen and oxygen atoms in total. The Hall–Kier alpha value is -1.72. The molecule has 1 aliphatic rings. The van der Waals surface area contributed by atoms with E-state index in [9.17, 15) is 5.11 Å². The van der Waals surface area contributed by atoms with Gasteiger partial charge in [-0.05, 0) is 37.8 Å². The second-order valence-corrected chi connectivity index (χ2v) is 7.56. The quantitative estimate of drug-likeness (QED) is 0.911. The summed E-state index contributed by atoms with van der Waals surface area (Å²) in [5.41, 5.74) is 0.538. The Bertz CT molecular complexity index is 635. The summed E-state index contributed by atoms with van der Waals surface area (Å²) in [7, 11) is 0. The molecule has 0 spiro atoms. The van der Waals surface area contributed by atoms with Gasteiger partial charge in [-0.1, -0.05) is 13.8 Å². The number of rotatable bonds is 5. The summed E-state index contributed by atoms with van der Waals surface area (Å²) in [6.07, 6.45) is 7.23. The van der Waals surface area contributed by atoms with Crippen LogP contribution in [-0.2, 0) is 6.54 Å². The molecule has 5 heteroatoms. The number of nitrogens with zero attached hydrogens (tertiary/aromatic N) is 3. The van der Waals surface area contributed by atoms with Crippen LogP contribution in [0, 0.1) is 11.8 Å². The van der Waals surface area contributed by atoms with Crippen LogP contribution in [0.1, 0.15) is 39.2 Å². The fourth-order valence-corrected chi connectivity index (χ4v) is 3.46. The normalized spacial score (nSPS) is 25.3. The van der Waals surface area contributed by atoms with Gasteiger partial charge in [0, 0.05) is 43.5 Å². The fourth-order valence-electron chi connectivity index (χ4n) is 3.46. The Kier molecular flexibility index (Phi) is 5.01. The highest BCUT2D eigenvalue weighted by atomic mass is 16.3. The molecular weight excluding hydrogens is 302 g/mol. The van der Waals surface area contributed by atoms with Crippen molar-refractivity contribution in [1.29, 1.82) is 0 Å². The minimum absolute atomic E-state index is 0.314. The molecule has 3 rings (SSSR count). The zero-order chi connectivity index (χ0) is 17.2. The molecule has 1 saturated heterocycles. The van der Waals surface area contributed by atoms with E-state index < -0.39 is 5.60 Å². The molecule has 0 bridgehead atoms. The van der Waals surface area contributed by atoms with E-state index in [1.165, 1.54) is 0 Å². The first kappa shape index (κ1) is 17.1. The van der Waals surface area contributed by atoms with Crippen molar-refractivity contribution in [3.05, 3.63) is 36.4 Å². The maximum absolute atomic E-state index is 10.6. The van der Waals surface area contributed by atoms with E-state index >= 15 is 0 Å². The Balaban J connectivity index is 1.63. The summed E-state index contributed by atoms with van der Waals surface area (Å²) in [6.45, 7) is 9.07. The number of hydrogen-bond acceptors (Lipinski definition) is 5. The van der Waals surface area contributed by atoms with Crippen molar-refractivity contribution in [2.24, 2.45) is 11.8 Å². The van der Waals surface area contributed by atoms with Gasteiger partial charge in [0.05, 0.1) is 11.9 Å². The summed E-state index contributed by atoms with van der Waals surface area (Å²) in [5.74, 6) is 2.21. The number of hydrogen-bond donors (Lipinski definition) is 1. The van der Waals surface area contributed by atoms with E-state index in [1.807, 2.05) is 31.5 Å². The minimum Gasteiger partial charge on any atom is -0.461 e. The third-order valence-corrected chi connectivity index (χ3v) is 4.90. The van der Waals surface area contributed by atoms with Crippen molar-refractivity contribution in [1.82, 2.24) is 14.9 Å². The Morgan fingerprint density at radius 2 is 2.12 bits per heavy atom. The van der Waals surface area contributed by atoms with Crippen LogP contribution in [0.5, 0.6) is 0 Å². The highest BCUT2D eigenvalue weighted by Gasteiger charge is 2.37. The topological polar surface area (TPSA) is 62.4 Å². The third-order valence-electron chi connectivity index (χ3n) is 4.90. The summed E-state index contributed by atoms with van der Waals surface area (Å²) in [5, 5.41) is 10.6. The molecule has 2 atom stereocenters. The van der Waals surface area contributed by atoms with Crippen molar-refractivity contribution < 1.29 is 9.52 Å². The molecule has 0 unspecified atom stereocenters. The maximum Gasteiger partial charge on any atom is 0.195 e. The van der Waals surface area contributed by atoms with Gasteiger partial charge in [0.15, 0.2) is 11.6 Å². The van der Waals surface area contributed by atoms with Crippen LogP contribution < -0.4 is 0 Å². The SMILES string of the molecule is CC(C)C[C@H]1CN(Cc2cnc(-c3ccco3)nc2)CC[C@@]1(C)O. The van der Waals surface area contributed by atoms with E-state index in [0.29, 0.717) is 23.4 Å². The van der Waals surface area contributed by atoms with Crippen LogP contribution in [-0.4, -0.2) is 38.7 Å². The number of aliphatic hydroxyl groups is 1. The van der Waals surface area contributed by atoms with Gasteiger partial charge in [0.2, 0.25) is 0 Å². The fraction of sp³-hybridized carbons (Fsp3) is 0.579. The maximum atomic E-state index is 10.6. The van der Waals surface area contributed by atoms with Crippen molar-refractivity contribution in [3.63, 3.8) is 0 Å². The summed E-state index contributed by atoms with van der Waals surface area (Å²) >= 11 is 0. The standard InChI is InChI=1S/C19H27N3O2/c1-14(2)9-16-13-22(7-6-19(16,3)23)12-15-10-20-18(21-11-15)17-5-4-8-24-17/h4-5,8,10-11,14,16,23H,6-7,9,12-13H2,1-3H3/t16-,19+/m0/s1. The zero-order valence-corrected chi connectivity index (χ0v) is 14.8. The monoisotopic (exact) mass is 329 g/mol. The first-order valence-electron chi connectivity index (χ1n) is 8.73. The third kappa shape index (κ3) is 4.02. The molecule has 24 heavy (non-hydrogen) atoms. The summed E-state index contributed by atoms with van der Waals surface area (Å²) < 4.78 is 5.32. The van der Waals surface area contributed by atoms with E-state index in [1.54, 1.807) is 6.26 Å². The van der Waals surface area contributed by atoms with Crippen molar-refractivity contribution in [2.45, 2.75) is 45.8 Å². The van der Waals surface area contributed by atoms with Gasteiger partial charge in [-0.25, -0.2) is 9.97 Å². The average molecular weight is 329 g/mol. The molecule has 0 aromatic carbocycles. The van der Waals surface area contributed by atoms with Crippen molar-refractivity contribution in [2.75, 3.05) is 13.1 Å². The minimum atomic E-state index is -0.555. The highest BCUT2D eigenvalue weighted by Crippen LogP contribution is 2.32. The Labute approximate surface area is 143 Å². The zero-order valence-electron chi connectivity index (χ0n) is 14.8. The molecule has 1 fully saturated rings. The smallest absolute Gasteiger partial charge is 0.195 e. The number of aromatic nitrogens is 2. The van der Waals surface area contributed by atoms with Crippen molar-refractivity contribution in [3.8, 4) is 11.6 Å². The van der Waals surface area contributed by atoms with Crippen molar-refractivity contribution >= 4 is 0 Å². The first-order chi connectivity index (χ1) is 11.4. The number of furan rings is 1. The molecule has 2 aromatic rings. The lowest BCUT2D eigenvalue weighted by atomic mass is 9.78. The Morgan fingerprint density at radius 1 is 1.38 bits per heavy atom. The summed E-state index contributed by atoms with van der Waals surface area (Å²) in [6, 6.07) is 3.69. The molecule has 130 valence electrons. The molecule has 3 heterocycles. The molecule has 2 aromatic heterocycles. The molecule has 1 aliphatic heterocycles. The van der Waals surface area contributed by atoms with Crippen LogP contribution in [0.2, 0.25) is 0 Å². The molecule has 0 saturated carbocycles.